The molecule has 35 heavy (non-hydrogen) atoms. The summed E-state index contributed by atoms with van der Waals surface area (Å²) in [5.41, 5.74) is 4.43. The molecule has 4 rings (SSSR count). The summed E-state index contributed by atoms with van der Waals surface area (Å²) in [5, 5.41) is -0.220. The minimum absolute atomic E-state index is 0.0437. The van der Waals surface area contributed by atoms with E-state index >= 15 is 0 Å². The number of thioether (sulfide) groups is 1. The molecule has 1 aliphatic heterocycles. The van der Waals surface area contributed by atoms with Crippen molar-refractivity contribution in [2.24, 2.45) is 0 Å². The molecule has 1 atom stereocenters. The zero-order valence-electron chi connectivity index (χ0n) is 20.8. The van der Waals surface area contributed by atoms with Crippen LogP contribution in [0, 0.1) is 0 Å². The topological polar surface area (TPSA) is 66.5 Å². The van der Waals surface area contributed by atoms with E-state index in [2.05, 4.69) is 51.5 Å². The van der Waals surface area contributed by atoms with E-state index in [-0.39, 0.29) is 21.6 Å². The van der Waals surface area contributed by atoms with E-state index in [4.69, 9.17) is 0 Å². The molecule has 0 bridgehead atoms. The Labute approximate surface area is 213 Å². The predicted molar refractivity (Wildman–Crippen MR) is 146 cm³/mol. The number of anilines is 2. The Balaban J connectivity index is 1.57. The predicted octanol–water partition coefficient (Wildman–Crippen LogP) is 6.69. The van der Waals surface area contributed by atoms with Crippen molar-refractivity contribution in [3.63, 3.8) is 0 Å². The highest BCUT2D eigenvalue weighted by atomic mass is 32.2. The minimum atomic E-state index is -3.74. The lowest BCUT2D eigenvalue weighted by molar-refractivity contribution is -0.115. The van der Waals surface area contributed by atoms with Gasteiger partial charge in [0.1, 0.15) is 5.37 Å². The number of hydrogen-bond donors (Lipinski definition) is 1. The standard InChI is InChI=1S/C28H32N2O3S2/c1-19(2)20-9-13-24(14-10-20)30-26(31)18-34-27(30)21-7-6-8-23(17-21)29-35(32,33)25-15-11-22(12-16-25)28(3,4)5/h6-17,19,27,29H,18H2,1-5H3. The highest BCUT2D eigenvalue weighted by Gasteiger charge is 2.34. The largest absolute Gasteiger partial charge is 0.295 e. The zero-order chi connectivity index (χ0) is 25.4. The van der Waals surface area contributed by atoms with Crippen LogP contribution in [-0.4, -0.2) is 20.1 Å². The van der Waals surface area contributed by atoms with Crippen LogP contribution < -0.4 is 9.62 Å². The fourth-order valence-corrected chi connectivity index (χ4v) is 6.29. The van der Waals surface area contributed by atoms with Crippen LogP contribution in [0.25, 0.3) is 0 Å². The number of nitrogens with one attached hydrogen (secondary N) is 1. The Morgan fingerprint density at radius 2 is 1.63 bits per heavy atom. The van der Waals surface area contributed by atoms with Gasteiger partial charge in [-0.2, -0.15) is 0 Å². The number of hydrogen-bond acceptors (Lipinski definition) is 4. The molecule has 3 aromatic carbocycles. The minimum Gasteiger partial charge on any atom is -0.295 e. The van der Waals surface area contributed by atoms with Gasteiger partial charge in [-0.1, -0.05) is 71.0 Å². The van der Waals surface area contributed by atoms with Crippen molar-refractivity contribution in [2.45, 2.75) is 56.2 Å². The van der Waals surface area contributed by atoms with E-state index in [1.54, 1.807) is 34.9 Å². The van der Waals surface area contributed by atoms with Crippen molar-refractivity contribution >= 4 is 39.1 Å². The molecule has 0 spiro atoms. The van der Waals surface area contributed by atoms with Crippen LogP contribution in [0.15, 0.2) is 77.7 Å². The van der Waals surface area contributed by atoms with E-state index in [1.807, 2.05) is 42.5 Å². The van der Waals surface area contributed by atoms with E-state index in [0.717, 1.165) is 16.8 Å². The zero-order valence-corrected chi connectivity index (χ0v) is 22.4. The summed E-state index contributed by atoms with van der Waals surface area (Å²) in [6, 6.07) is 22.4. The Morgan fingerprint density at radius 1 is 0.971 bits per heavy atom. The van der Waals surface area contributed by atoms with E-state index < -0.39 is 10.0 Å². The maximum atomic E-state index is 13.0. The van der Waals surface area contributed by atoms with Crippen LogP contribution in [0.3, 0.4) is 0 Å². The number of carbonyl (C=O) groups is 1. The number of carbonyl (C=O) groups excluding carboxylic acids is 1. The third-order valence-corrected chi connectivity index (χ3v) is 8.77. The summed E-state index contributed by atoms with van der Waals surface area (Å²) in [4.78, 5) is 14.8. The molecule has 3 aromatic rings. The Kier molecular flexibility index (Phi) is 7.02. The van der Waals surface area contributed by atoms with Crippen LogP contribution in [0.4, 0.5) is 11.4 Å². The van der Waals surface area contributed by atoms with Gasteiger partial charge in [0.05, 0.1) is 10.6 Å². The maximum Gasteiger partial charge on any atom is 0.261 e. The molecule has 1 N–H and O–H groups in total. The molecule has 0 aliphatic carbocycles. The lowest BCUT2D eigenvalue weighted by Gasteiger charge is -2.25. The molecule has 1 fully saturated rings. The summed E-state index contributed by atoms with van der Waals surface area (Å²) < 4.78 is 28.8. The molecule has 7 heteroatoms. The molecule has 184 valence electrons. The molecule has 1 saturated heterocycles. The van der Waals surface area contributed by atoms with Crippen LogP contribution in [0.2, 0.25) is 0 Å². The first-order chi connectivity index (χ1) is 16.5. The smallest absolute Gasteiger partial charge is 0.261 e. The van der Waals surface area contributed by atoms with Crippen molar-refractivity contribution in [2.75, 3.05) is 15.4 Å². The third kappa shape index (κ3) is 5.57. The Hall–Kier alpha value is -2.77. The molecular weight excluding hydrogens is 476 g/mol. The highest BCUT2D eigenvalue weighted by Crippen LogP contribution is 2.42. The molecule has 0 aromatic heterocycles. The second-order valence-corrected chi connectivity index (χ2v) is 12.9. The average molecular weight is 509 g/mol. The molecular formula is C28H32N2O3S2. The molecule has 1 amide bonds. The van der Waals surface area contributed by atoms with Gasteiger partial charge in [-0.25, -0.2) is 8.42 Å². The van der Waals surface area contributed by atoms with Gasteiger partial charge in [-0.15, -0.1) is 11.8 Å². The Bertz CT molecular complexity index is 1310. The van der Waals surface area contributed by atoms with E-state index in [1.165, 1.54) is 5.56 Å². The van der Waals surface area contributed by atoms with Crippen LogP contribution in [-0.2, 0) is 20.2 Å². The molecule has 1 heterocycles. The van der Waals surface area contributed by atoms with Gasteiger partial charge in [0.25, 0.3) is 10.0 Å². The number of sulfonamides is 1. The van der Waals surface area contributed by atoms with Crippen LogP contribution in [0.5, 0.6) is 0 Å². The SMILES string of the molecule is CC(C)c1ccc(N2C(=O)CSC2c2cccc(NS(=O)(=O)c3ccc(C(C)(C)C)cc3)c2)cc1. The third-order valence-electron chi connectivity index (χ3n) is 6.16. The van der Waals surface area contributed by atoms with Gasteiger partial charge in [0.2, 0.25) is 5.91 Å². The lowest BCUT2D eigenvalue weighted by Crippen LogP contribution is -2.27. The second-order valence-electron chi connectivity index (χ2n) is 10.2. The van der Waals surface area contributed by atoms with Crippen molar-refractivity contribution in [1.29, 1.82) is 0 Å². The van der Waals surface area contributed by atoms with Gasteiger partial charge < -0.3 is 0 Å². The summed E-state index contributed by atoms with van der Waals surface area (Å²) in [7, 11) is -3.74. The first kappa shape index (κ1) is 25.3. The Morgan fingerprint density at radius 3 is 2.23 bits per heavy atom. The van der Waals surface area contributed by atoms with Crippen LogP contribution >= 0.6 is 11.8 Å². The first-order valence-electron chi connectivity index (χ1n) is 11.7. The van der Waals surface area contributed by atoms with Gasteiger partial charge in [-0.3, -0.25) is 14.4 Å². The fraction of sp³-hybridized carbons (Fsp3) is 0.321. The van der Waals surface area contributed by atoms with Crippen molar-refractivity contribution < 1.29 is 13.2 Å². The van der Waals surface area contributed by atoms with Gasteiger partial charge >= 0.3 is 0 Å². The average Bonchev–Trinajstić information content (AvgIpc) is 3.20. The molecule has 0 radical (unpaired) electrons. The second kappa shape index (κ2) is 9.70. The first-order valence-corrected chi connectivity index (χ1v) is 14.3. The molecule has 0 saturated carbocycles. The van der Waals surface area contributed by atoms with E-state index in [0.29, 0.717) is 17.4 Å². The van der Waals surface area contributed by atoms with Crippen LogP contribution in [0.1, 0.15) is 62.6 Å². The summed E-state index contributed by atoms with van der Waals surface area (Å²) in [6.45, 7) is 10.6. The summed E-state index contributed by atoms with van der Waals surface area (Å²) >= 11 is 1.54. The number of rotatable bonds is 6. The fourth-order valence-electron chi connectivity index (χ4n) is 4.07. The number of nitrogens with zero attached hydrogens (tertiary/aromatic N) is 1. The van der Waals surface area contributed by atoms with Gasteiger partial charge in [0, 0.05) is 11.4 Å². The number of benzene rings is 3. The van der Waals surface area contributed by atoms with Gasteiger partial charge in [0.15, 0.2) is 0 Å². The molecule has 1 aliphatic rings. The maximum absolute atomic E-state index is 13.0. The van der Waals surface area contributed by atoms with Crippen molar-refractivity contribution in [3.8, 4) is 0 Å². The van der Waals surface area contributed by atoms with Crippen molar-refractivity contribution in [3.05, 3.63) is 89.5 Å². The number of amides is 1. The summed E-state index contributed by atoms with van der Waals surface area (Å²) in [5.74, 6) is 0.840. The van der Waals surface area contributed by atoms with E-state index in [9.17, 15) is 13.2 Å². The highest BCUT2D eigenvalue weighted by molar-refractivity contribution is 8.00. The van der Waals surface area contributed by atoms with Gasteiger partial charge in [-0.05, 0) is 64.4 Å². The normalized spacial score (nSPS) is 16.7. The quantitative estimate of drug-likeness (QED) is 0.403. The lowest BCUT2D eigenvalue weighted by atomic mass is 9.87. The molecule has 1 unspecified atom stereocenters. The summed E-state index contributed by atoms with van der Waals surface area (Å²) in [6.07, 6.45) is 0. The monoisotopic (exact) mass is 508 g/mol. The molecule has 5 nitrogen and oxygen atoms in total. The van der Waals surface area contributed by atoms with Crippen molar-refractivity contribution in [1.82, 2.24) is 0 Å².